The topological polar surface area (TPSA) is 13.1 Å². The van der Waals surface area contributed by atoms with E-state index in [0.717, 1.165) is 22.3 Å². The lowest BCUT2D eigenvalue weighted by Crippen LogP contribution is -1.83. The Morgan fingerprint density at radius 2 is 1.20 bits per heavy atom. The van der Waals surface area contributed by atoms with Gasteiger partial charge in [-0.15, -0.1) is 0 Å². The van der Waals surface area contributed by atoms with Crippen LogP contribution in [0.4, 0.5) is 0 Å². The molecule has 0 aliphatic heterocycles. The molecule has 0 atom stereocenters. The van der Waals surface area contributed by atoms with Crippen molar-refractivity contribution in [2.24, 2.45) is 0 Å². The molecule has 142 valence electrons. The molecule has 0 unspecified atom stereocenters. The van der Waals surface area contributed by atoms with Crippen molar-refractivity contribution in [2.45, 2.75) is 6.92 Å². The first-order valence-electron chi connectivity index (χ1n) is 10.3. The molecule has 0 amide bonds. The molecule has 1 nitrogen and oxygen atoms in total. The van der Waals surface area contributed by atoms with Gasteiger partial charge in [-0.25, -0.2) is 0 Å². The molecule has 0 aliphatic carbocycles. The summed E-state index contributed by atoms with van der Waals surface area (Å²) in [7, 11) is 0. The number of hydrogen-bond acceptors (Lipinski definition) is 1. The van der Waals surface area contributed by atoms with Crippen LogP contribution in [0, 0.1) is 6.92 Å². The van der Waals surface area contributed by atoms with Crippen molar-refractivity contribution < 1.29 is 4.42 Å². The maximum Gasteiger partial charge on any atom is 0.143 e. The van der Waals surface area contributed by atoms with Gasteiger partial charge in [0.1, 0.15) is 11.2 Å². The van der Waals surface area contributed by atoms with Crippen molar-refractivity contribution >= 4 is 32.7 Å². The van der Waals surface area contributed by atoms with Crippen molar-refractivity contribution in [1.82, 2.24) is 0 Å². The molecule has 0 saturated carbocycles. The fraction of sp³-hybridized carbons (Fsp3) is 0.0345. The van der Waals surface area contributed by atoms with Gasteiger partial charge in [0, 0.05) is 16.3 Å². The normalized spacial score (nSPS) is 11.5. The standard InChI is InChI=1S/C29H20O/c1-19-8-7-13-25-27-24-12-6-5-11-23(24)18-26(29(27)30-28(19)25)22-16-14-21(15-17-22)20-9-3-2-4-10-20/h2-18H,1H3. The number of furan rings is 1. The average Bonchev–Trinajstić information content (AvgIpc) is 3.21. The molecule has 30 heavy (non-hydrogen) atoms. The molecular weight excluding hydrogens is 364 g/mol. The van der Waals surface area contributed by atoms with Crippen molar-refractivity contribution in [1.29, 1.82) is 0 Å². The van der Waals surface area contributed by atoms with Crippen LogP contribution < -0.4 is 0 Å². The molecule has 0 bridgehead atoms. The van der Waals surface area contributed by atoms with Gasteiger partial charge in [0.15, 0.2) is 0 Å². The fourth-order valence-corrected chi connectivity index (χ4v) is 4.48. The zero-order valence-electron chi connectivity index (χ0n) is 16.7. The lowest BCUT2D eigenvalue weighted by Gasteiger charge is -2.08. The van der Waals surface area contributed by atoms with Gasteiger partial charge in [-0.2, -0.15) is 0 Å². The Bertz CT molecular complexity index is 1520. The molecule has 6 rings (SSSR count). The van der Waals surface area contributed by atoms with Gasteiger partial charge in [0.2, 0.25) is 0 Å². The molecule has 6 aromatic rings. The Balaban J connectivity index is 1.64. The SMILES string of the molecule is Cc1cccc2c1oc1c(-c3ccc(-c4ccccc4)cc3)cc3ccccc3c12. The van der Waals surface area contributed by atoms with Crippen LogP contribution >= 0.6 is 0 Å². The maximum absolute atomic E-state index is 6.49. The summed E-state index contributed by atoms with van der Waals surface area (Å²) in [5.41, 5.74) is 7.86. The second-order valence-electron chi connectivity index (χ2n) is 7.85. The van der Waals surface area contributed by atoms with Crippen LogP contribution in [0.2, 0.25) is 0 Å². The molecule has 0 spiro atoms. The lowest BCUT2D eigenvalue weighted by molar-refractivity contribution is 0.667. The number of aryl methyl sites for hydroxylation is 1. The smallest absolute Gasteiger partial charge is 0.143 e. The average molecular weight is 384 g/mol. The van der Waals surface area contributed by atoms with E-state index < -0.39 is 0 Å². The molecular formula is C29H20O. The number of para-hydroxylation sites is 1. The molecule has 0 radical (unpaired) electrons. The van der Waals surface area contributed by atoms with Crippen LogP contribution in [0.25, 0.3) is 55.0 Å². The van der Waals surface area contributed by atoms with Gasteiger partial charge in [0.05, 0.1) is 0 Å². The number of hydrogen-bond donors (Lipinski definition) is 0. The molecule has 0 fully saturated rings. The Kier molecular flexibility index (Phi) is 3.75. The minimum atomic E-state index is 0.963. The Labute approximate surface area is 175 Å². The predicted octanol–water partition coefficient (Wildman–Crippen LogP) is 8.38. The van der Waals surface area contributed by atoms with Crippen molar-refractivity contribution in [3.63, 3.8) is 0 Å². The van der Waals surface area contributed by atoms with E-state index in [1.165, 1.54) is 38.2 Å². The van der Waals surface area contributed by atoms with Gasteiger partial charge in [-0.3, -0.25) is 0 Å². The molecule has 0 N–H and O–H groups in total. The number of benzene rings is 5. The van der Waals surface area contributed by atoms with E-state index in [0.29, 0.717) is 0 Å². The first kappa shape index (κ1) is 17.1. The highest BCUT2D eigenvalue weighted by Crippen LogP contribution is 2.41. The molecule has 5 aromatic carbocycles. The molecule has 1 heteroatoms. The van der Waals surface area contributed by atoms with Crippen LogP contribution in [-0.2, 0) is 0 Å². The summed E-state index contributed by atoms with van der Waals surface area (Å²) in [6, 6.07) is 36.5. The lowest BCUT2D eigenvalue weighted by atomic mass is 9.95. The van der Waals surface area contributed by atoms with E-state index in [4.69, 9.17) is 4.42 Å². The zero-order chi connectivity index (χ0) is 20.1. The second kappa shape index (κ2) is 6.60. The first-order chi connectivity index (χ1) is 14.8. The maximum atomic E-state index is 6.49. The third kappa shape index (κ3) is 2.56. The quantitative estimate of drug-likeness (QED) is 0.292. The summed E-state index contributed by atoms with van der Waals surface area (Å²) in [6.45, 7) is 2.11. The monoisotopic (exact) mass is 384 g/mol. The van der Waals surface area contributed by atoms with Gasteiger partial charge in [-0.1, -0.05) is 97.1 Å². The van der Waals surface area contributed by atoms with E-state index in [2.05, 4.69) is 104 Å². The number of rotatable bonds is 2. The van der Waals surface area contributed by atoms with Crippen LogP contribution in [0.3, 0.4) is 0 Å². The summed E-state index contributed by atoms with van der Waals surface area (Å²) in [6.07, 6.45) is 0. The van der Waals surface area contributed by atoms with E-state index >= 15 is 0 Å². The van der Waals surface area contributed by atoms with E-state index in [1.807, 2.05) is 6.07 Å². The van der Waals surface area contributed by atoms with Crippen molar-refractivity contribution in [2.75, 3.05) is 0 Å². The Morgan fingerprint density at radius 1 is 0.533 bits per heavy atom. The van der Waals surface area contributed by atoms with Crippen LogP contribution in [0.15, 0.2) is 108 Å². The van der Waals surface area contributed by atoms with E-state index in [1.54, 1.807) is 0 Å². The van der Waals surface area contributed by atoms with Gasteiger partial charge < -0.3 is 4.42 Å². The first-order valence-corrected chi connectivity index (χ1v) is 10.3. The highest BCUT2D eigenvalue weighted by atomic mass is 16.3. The third-order valence-corrected chi connectivity index (χ3v) is 5.99. The molecule has 1 heterocycles. The molecule has 0 aliphatic rings. The minimum Gasteiger partial charge on any atom is -0.455 e. The largest absolute Gasteiger partial charge is 0.455 e. The van der Waals surface area contributed by atoms with Crippen LogP contribution in [0.5, 0.6) is 0 Å². The van der Waals surface area contributed by atoms with Crippen molar-refractivity contribution in [3.05, 3.63) is 109 Å². The van der Waals surface area contributed by atoms with E-state index in [9.17, 15) is 0 Å². The zero-order valence-corrected chi connectivity index (χ0v) is 16.7. The fourth-order valence-electron chi connectivity index (χ4n) is 4.48. The van der Waals surface area contributed by atoms with Gasteiger partial charge in [0.25, 0.3) is 0 Å². The molecule has 1 aromatic heterocycles. The van der Waals surface area contributed by atoms with Crippen LogP contribution in [-0.4, -0.2) is 0 Å². The predicted molar refractivity (Wildman–Crippen MR) is 127 cm³/mol. The summed E-state index contributed by atoms with van der Waals surface area (Å²) < 4.78 is 6.49. The highest BCUT2D eigenvalue weighted by Gasteiger charge is 2.17. The van der Waals surface area contributed by atoms with E-state index in [-0.39, 0.29) is 0 Å². The highest BCUT2D eigenvalue weighted by molar-refractivity contribution is 6.22. The van der Waals surface area contributed by atoms with Gasteiger partial charge >= 0.3 is 0 Å². The summed E-state index contributed by atoms with van der Waals surface area (Å²) in [4.78, 5) is 0. The number of fused-ring (bicyclic) bond motifs is 5. The Morgan fingerprint density at radius 3 is 2.03 bits per heavy atom. The minimum absolute atomic E-state index is 0.963. The van der Waals surface area contributed by atoms with Gasteiger partial charge in [-0.05, 0) is 46.0 Å². The van der Waals surface area contributed by atoms with Crippen molar-refractivity contribution in [3.8, 4) is 22.3 Å². The molecule has 0 saturated heterocycles. The van der Waals surface area contributed by atoms with Crippen LogP contribution in [0.1, 0.15) is 5.56 Å². The second-order valence-corrected chi connectivity index (χ2v) is 7.85. The Hall–Kier alpha value is -3.84. The summed E-state index contributed by atoms with van der Waals surface area (Å²) in [5.74, 6) is 0. The summed E-state index contributed by atoms with van der Waals surface area (Å²) >= 11 is 0. The third-order valence-electron chi connectivity index (χ3n) is 5.99. The summed E-state index contributed by atoms with van der Waals surface area (Å²) in [5, 5.41) is 4.86.